The SMILES string of the molecule is NCC(F)CNCc1cccc2c1C(=O)N(C1CCC(=O)NC1=O)C2. The van der Waals surface area contributed by atoms with Gasteiger partial charge in [-0.2, -0.15) is 0 Å². The molecular formula is C17H21FN4O3. The average Bonchev–Trinajstić information content (AvgIpc) is 2.92. The number of nitrogens with zero attached hydrogens (tertiary/aromatic N) is 1. The molecule has 8 heteroatoms. The van der Waals surface area contributed by atoms with E-state index in [2.05, 4.69) is 10.6 Å². The molecule has 2 aliphatic heterocycles. The molecule has 1 fully saturated rings. The molecule has 0 saturated carbocycles. The first-order valence-electron chi connectivity index (χ1n) is 8.31. The van der Waals surface area contributed by atoms with Gasteiger partial charge in [0.2, 0.25) is 11.8 Å². The first-order chi connectivity index (χ1) is 12.0. The zero-order valence-electron chi connectivity index (χ0n) is 13.8. The van der Waals surface area contributed by atoms with Crippen molar-refractivity contribution >= 4 is 17.7 Å². The van der Waals surface area contributed by atoms with Crippen molar-refractivity contribution in [3.05, 3.63) is 34.9 Å². The van der Waals surface area contributed by atoms with Crippen LogP contribution in [0.25, 0.3) is 0 Å². The summed E-state index contributed by atoms with van der Waals surface area (Å²) in [7, 11) is 0. The van der Waals surface area contributed by atoms with Crippen molar-refractivity contribution in [1.82, 2.24) is 15.5 Å². The molecule has 1 saturated heterocycles. The molecule has 7 nitrogen and oxygen atoms in total. The van der Waals surface area contributed by atoms with E-state index in [0.29, 0.717) is 25.1 Å². The molecule has 2 heterocycles. The van der Waals surface area contributed by atoms with Crippen molar-refractivity contribution in [2.45, 2.75) is 38.1 Å². The quantitative estimate of drug-likeness (QED) is 0.620. The van der Waals surface area contributed by atoms with Crippen LogP contribution in [0.15, 0.2) is 18.2 Å². The van der Waals surface area contributed by atoms with Gasteiger partial charge in [-0.05, 0) is 17.5 Å². The van der Waals surface area contributed by atoms with Gasteiger partial charge in [0.05, 0.1) is 0 Å². The molecule has 4 N–H and O–H groups in total. The molecule has 0 radical (unpaired) electrons. The van der Waals surface area contributed by atoms with E-state index in [9.17, 15) is 18.8 Å². The molecule has 0 bridgehead atoms. The van der Waals surface area contributed by atoms with Crippen LogP contribution in [0.4, 0.5) is 4.39 Å². The van der Waals surface area contributed by atoms with Gasteiger partial charge < -0.3 is 16.0 Å². The van der Waals surface area contributed by atoms with Crippen LogP contribution in [0.3, 0.4) is 0 Å². The third-order valence-corrected chi connectivity index (χ3v) is 4.58. The van der Waals surface area contributed by atoms with Gasteiger partial charge in [0.1, 0.15) is 12.2 Å². The number of carbonyl (C=O) groups is 3. The van der Waals surface area contributed by atoms with Crippen molar-refractivity contribution in [2.75, 3.05) is 13.1 Å². The highest BCUT2D eigenvalue weighted by Gasteiger charge is 2.39. The van der Waals surface area contributed by atoms with E-state index >= 15 is 0 Å². The average molecular weight is 348 g/mol. The number of amides is 3. The highest BCUT2D eigenvalue weighted by Crippen LogP contribution is 2.29. The van der Waals surface area contributed by atoms with E-state index in [-0.39, 0.29) is 31.3 Å². The molecule has 3 amide bonds. The minimum atomic E-state index is -1.13. The van der Waals surface area contributed by atoms with Crippen LogP contribution in [0.5, 0.6) is 0 Å². The fourth-order valence-corrected chi connectivity index (χ4v) is 3.28. The third-order valence-electron chi connectivity index (χ3n) is 4.58. The number of alkyl halides is 1. The summed E-state index contributed by atoms with van der Waals surface area (Å²) in [6.45, 7) is 0.745. The lowest BCUT2D eigenvalue weighted by molar-refractivity contribution is -0.136. The fourth-order valence-electron chi connectivity index (χ4n) is 3.28. The van der Waals surface area contributed by atoms with Crippen LogP contribution in [-0.4, -0.2) is 47.9 Å². The minimum Gasteiger partial charge on any atom is -0.328 e. The molecule has 0 aromatic heterocycles. The Morgan fingerprint density at radius 2 is 2.16 bits per heavy atom. The lowest BCUT2D eigenvalue weighted by atomic mass is 10.0. The summed E-state index contributed by atoms with van der Waals surface area (Å²) in [6, 6.07) is 4.87. The van der Waals surface area contributed by atoms with Crippen LogP contribution in [-0.2, 0) is 22.7 Å². The number of hydrogen-bond acceptors (Lipinski definition) is 5. The summed E-state index contributed by atoms with van der Waals surface area (Å²) in [6.07, 6.45) is -0.577. The number of nitrogens with one attached hydrogen (secondary N) is 2. The largest absolute Gasteiger partial charge is 0.328 e. The minimum absolute atomic E-state index is 0.0535. The van der Waals surface area contributed by atoms with Gasteiger partial charge in [-0.3, -0.25) is 19.7 Å². The predicted molar refractivity (Wildman–Crippen MR) is 88.1 cm³/mol. The topological polar surface area (TPSA) is 105 Å². The number of carbonyl (C=O) groups excluding carboxylic acids is 3. The fraction of sp³-hybridized carbons (Fsp3) is 0.471. The van der Waals surface area contributed by atoms with Crippen molar-refractivity contribution in [1.29, 1.82) is 0 Å². The van der Waals surface area contributed by atoms with E-state index in [0.717, 1.165) is 11.1 Å². The second-order valence-corrected chi connectivity index (χ2v) is 6.32. The number of imide groups is 1. The molecular weight excluding hydrogens is 327 g/mol. The Balaban J connectivity index is 1.74. The van der Waals surface area contributed by atoms with Gasteiger partial charge >= 0.3 is 0 Å². The van der Waals surface area contributed by atoms with E-state index < -0.39 is 18.1 Å². The molecule has 2 aliphatic rings. The van der Waals surface area contributed by atoms with Crippen molar-refractivity contribution in [2.24, 2.45) is 5.73 Å². The number of benzene rings is 1. The Morgan fingerprint density at radius 1 is 1.36 bits per heavy atom. The number of halogens is 1. The molecule has 1 aromatic rings. The Morgan fingerprint density at radius 3 is 2.88 bits per heavy atom. The molecule has 3 rings (SSSR count). The molecule has 25 heavy (non-hydrogen) atoms. The molecule has 0 aliphatic carbocycles. The molecule has 0 spiro atoms. The van der Waals surface area contributed by atoms with E-state index in [1.54, 1.807) is 0 Å². The first kappa shape index (κ1) is 17.5. The smallest absolute Gasteiger partial charge is 0.255 e. The number of nitrogens with two attached hydrogens (primary N) is 1. The van der Waals surface area contributed by atoms with Crippen LogP contribution < -0.4 is 16.4 Å². The van der Waals surface area contributed by atoms with Crippen LogP contribution in [0.2, 0.25) is 0 Å². The van der Waals surface area contributed by atoms with Gasteiger partial charge in [0.25, 0.3) is 5.91 Å². The normalized spacial score (nSPS) is 21.3. The Kier molecular flexibility index (Phi) is 5.10. The second-order valence-electron chi connectivity index (χ2n) is 6.32. The summed E-state index contributed by atoms with van der Waals surface area (Å²) in [5.41, 5.74) is 7.41. The zero-order chi connectivity index (χ0) is 18.0. The van der Waals surface area contributed by atoms with Crippen LogP contribution >= 0.6 is 0 Å². The lowest BCUT2D eigenvalue weighted by Crippen LogP contribution is -2.52. The number of piperidine rings is 1. The Hall–Kier alpha value is -2.32. The van der Waals surface area contributed by atoms with E-state index in [4.69, 9.17) is 5.73 Å². The monoisotopic (exact) mass is 348 g/mol. The summed E-state index contributed by atoms with van der Waals surface area (Å²) in [5.74, 6) is -0.964. The van der Waals surface area contributed by atoms with Gasteiger partial charge in [0, 0.05) is 38.2 Å². The number of rotatable bonds is 6. The van der Waals surface area contributed by atoms with Crippen molar-refractivity contribution in [3.8, 4) is 0 Å². The van der Waals surface area contributed by atoms with Gasteiger partial charge in [0.15, 0.2) is 0 Å². The predicted octanol–water partition coefficient (Wildman–Crippen LogP) is -0.166. The summed E-state index contributed by atoms with van der Waals surface area (Å²) >= 11 is 0. The zero-order valence-corrected chi connectivity index (χ0v) is 13.8. The Labute approximate surface area is 144 Å². The third kappa shape index (κ3) is 3.54. The van der Waals surface area contributed by atoms with Crippen molar-refractivity contribution in [3.63, 3.8) is 0 Å². The maximum atomic E-state index is 13.2. The summed E-state index contributed by atoms with van der Waals surface area (Å²) in [4.78, 5) is 37.7. The maximum absolute atomic E-state index is 13.2. The van der Waals surface area contributed by atoms with Crippen molar-refractivity contribution < 1.29 is 18.8 Å². The molecule has 134 valence electrons. The Bertz CT molecular complexity index is 709. The summed E-state index contributed by atoms with van der Waals surface area (Å²) < 4.78 is 13.2. The first-order valence-corrected chi connectivity index (χ1v) is 8.31. The second kappa shape index (κ2) is 7.28. The highest BCUT2D eigenvalue weighted by atomic mass is 19.1. The molecule has 2 unspecified atom stereocenters. The lowest BCUT2D eigenvalue weighted by Gasteiger charge is -2.29. The standard InChI is InChI=1S/C17H21FN4O3/c18-12(6-19)8-20-7-10-2-1-3-11-9-22(17(25)15(10)11)13-4-5-14(23)21-16(13)24/h1-3,12-13,20H,4-9,19H2,(H,21,23,24). The molecule has 1 aromatic carbocycles. The van der Waals surface area contributed by atoms with Gasteiger partial charge in [-0.15, -0.1) is 0 Å². The summed E-state index contributed by atoms with van der Waals surface area (Å²) in [5, 5.41) is 5.25. The molecule has 2 atom stereocenters. The van der Waals surface area contributed by atoms with E-state index in [1.165, 1.54) is 4.90 Å². The van der Waals surface area contributed by atoms with Gasteiger partial charge in [-0.1, -0.05) is 18.2 Å². The van der Waals surface area contributed by atoms with Crippen LogP contribution in [0.1, 0.15) is 34.3 Å². The van der Waals surface area contributed by atoms with E-state index in [1.807, 2.05) is 18.2 Å². The highest BCUT2D eigenvalue weighted by molar-refractivity contribution is 6.05. The van der Waals surface area contributed by atoms with Gasteiger partial charge in [-0.25, -0.2) is 4.39 Å². The number of hydrogen-bond donors (Lipinski definition) is 3. The van der Waals surface area contributed by atoms with Crippen LogP contribution in [0, 0.1) is 0 Å². The number of fused-ring (bicyclic) bond motifs is 1. The maximum Gasteiger partial charge on any atom is 0.255 e.